The number of carbonyl (C=O) groups excluding carboxylic acids is 1. The molecule has 7 rings (SSSR count). The van der Waals surface area contributed by atoms with Crippen molar-refractivity contribution in [3.63, 3.8) is 0 Å². The van der Waals surface area contributed by atoms with Crippen LogP contribution in [-0.2, 0) is 39.3 Å². The van der Waals surface area contributed by atoms with Gasteiger partial charge in [0, 0.05) is 48.1 Å². The van der Waals surface area contributed by atoms with Crippen LogP contribution in [0.15, 0.2) is 96.2 Å². The van der Waals surface area contributed by atoms with Crippen LogP contribution in [0.1, 0.15) is 10.4 Å². The predicted octanol–water partition coefficient (Wildman–Crippen LogP) is 6.42. The van der Waals surface area contributed by atoms with E-state index in [1.807, 2.05) is 27.5 Å². The second kappa shape index (κ2) is 24.2. The van der Waals surface area contributed by atoms with Gasteiger partial charge >= 0.3 is 0 Å². The molecule has 0 saturated carbocycles. The van der Waals surface area contributed by atoms with E-state index in [0.29, 0.717) is 44.6 Å². The number of amides is 1. The van der Waals surface area contributed by atoms with E-state index >= 15 is 0 Å². The predicted molar refractivity (Wildman–Crippen MR) is 260 cm³/mol. The lowest BCUT2D eigenvalue weighted by molar-refractivity contribution is -0.0197. The Morgan fingerprint density at radius 1 is 0.714 bits per heavy atom. The number of hydrogen-bond donors (Lipinski definition) is 4. The monoisotopic (exact) mass is 1140 g/mol. The highest BCUT2D eigenvalue weighted by atomic mass is 127. The Morgan fingerprint density at radius 2 is 1.41 bits per heavy atom. The summed E-state index contributed by atoms with van der Waals surface area (Å²) in [4.78, 5) is 33.0. The summed E-state index contributed by atoms with van der Waals surface area (Å²) in [5.74, 6) is -4.26. The minimum absolute atomic E-state index is 0.0230. The molecule has 2 aromatic heterocycles. The van der Waals surface area contributed by atoms with Gasteiger partial charge in [-0.1, -0.05) is 17.7 Å². The highest BCUT2D eigenvalue weighted by Crippen LogP contribution is 2.32. The summed E-state index contributed by atoms with van der Waals surface area (Å²) in [6.07, 6.45) is 3.10. The molecular weight excluding hydrogens is 1100 g/mol. The fourth-order valence-corrected chi connectivity index (χ4v) is 9.61. The first-order valence-corrected chi connectivity index (χ1v) is 25.5. The van der Waals surface area contributed by atoms with Gasteiger partial charge in [-0.15, -0.1) is 0 Å². The van der Waals surface area contributed by atoms with E-state index in [2.05, 4.69) is 30.2 Å². The van der Waals surface area contributed by atoms with Crippen LogP contribution < -0.4 is 25.1 Å². The summed E-state index contributed by atoms with van der Waals surface area (Å²) < 4.78 is 132. The van der Waals surface area contributed by atoms with Crippen LogP contribution in [0.4, 0.5) is 40.4 Å². The van der Waals surface area contributed by atoms with Crippen molar-refractivity contribution in [3.05, 3.63) is 129 Å². The van der Waals surface area contributed by atoms with Crippen LogP contribution in [0, 0.1) is 26.8 Å². The second-order valence-corrected chi connectivity index (χ2v) is 20.0. The van der Waals surface area contributed by atoms with Gasteiger partial charge in [0.2, 0.25) is 0 Å². The van der Waals surface area contributed by atoms with E-state index in [4.69, 9.17) is 35.6 Å². The summed E-state index contributed by atoms with van der Waals surface area (Å²) >= 11 is 8.14. The average Bonchev–Trinajstić information content (AvgIpc) is 3.34. The van der Waals surface area contributed by atoms with Gasteiger partial charge in [0.15, 0.2) is 16.8 Å². The van der Waals surface area contributed by atoms with Gasteiger partial charge in [-0.05, 0) is 101 Å². The molecule has 0 atom stereocenters. The molecule has 1 fully saturated rings. The normalized spacial score (nSPS) is 13.4. The van der Waals surface area contributed by atoms with Crippen LogP contribution in [0.3, 0.4) is 0 Å². The molecule has 4 N–H and O–H groups in total. The molecule has 26 heteroatoms. The van der Waals surface area contributed by atoms with E-state index in [9.17, 15) is 39.2 Å². The number of hydroxylamine groups is 1. The Labute approximate surface area is 418 Å². The Hall–Kier alpha value is -5.36. The summed E-state index contributed by atoms with van der Waals surface area (Å²) in [5.41, 5.74) is 3.42. The van der Waals surface area contributed by atoms with Gasteiger partial charge in [0.25, 0.3) is 26.1 Å². The number of pyridine rings is 1. The molecule has 1 amide bonds. The van der Waals surface area contributed by atoms with Crippen molar-refractivity contribution >= 4 is 94.2 Å². The lowest BCUT2D eigenvalue weighted by Crippen LogP contribution is -2.52. The highest BCUT2D eigenvalue weighted by Gasteiger charge is 2.28. The third kappa shape index (κ3) is 13.9. The van der Waals surface area contributed by atoms with Gasteiger partial charge in [-0.25, -0.2) is 41.4 Å². The highest BCUT2D eigenvalue weighted by molar-refractivity contribution is 14.1. The molecule has 0 aliphatic carbocycles. The summed E-state index contributed by atoms with van der Waals surface area (Å²) in [7, 11) is -7.90. The third-order valence-electron chi connectivity index (χ3n) is 10.3. The SMILES string of the molecule is O=C(NOCCOCCOCCOCCNS(=O)(=O)N1CCN(c2cnc3ccc(-c4cnc(Cl)c(NS(=O)(=O)c5ccc(F)cc5)c4)cc3n2)CC1)c1ccc(F)c(F)c1Nc1ccc(I)cc1F. The maximum absolute atomic E-state index is 14.6. The van der Waals surface area contributed by atoms with Crippen LogP contribution >= 0.6 is 34.2 Å². The number of sulfonamides is 1. The molecule has 4 aromatic carbocycles. The Kier molecular flexibility index (Phi) is 18.1. The van der Waals surface area contributed by atoms with Crippen molar-refractivity contribution in [2.45, 2.75) is 4.90 Å². The van der Waals surface area contributed by atoms with Crippen molar-refractivity contribution in [1.82, 2.24) is 29.5 Å². The van der Waals surface area contributed by atoms with Crippen LogP contribution in [0.5, 0.6) is 0 Å². The van der Waals surface area contributed by atoms with Crippen molar-refractivity contribution < 1.29 is 58.2 Å². The summed E-state index contributed by atoms with van der Waals surface area (Å²) in [6.45, 7) is 1.95. The molecule has 0 unspecified atom stereocenters. The Bertz CT molecular complexity index is 3040. The number of anilines is 4. The molecule has 0 radical (unpaired) electrons. The average molecular weight is 1140 g/mol. The maximum Gasteiger partial charge on any atom is 0.279 e. The van der Waals surface area contributed by atoms with Crippen molar-refractivity contribution in [1.29, 1.82) is 0 Å². The Balaban J connectivity index is 0.763. The van der Waals surface area contributed by atoms with Crippen molar-refractivity contribution in [2.75, 3.05) is 93.9 Å². The minimum Gasteiger partial charge on any atom is -0.378 e. The zero-order chi connectivity index (χ0) is 49.8. The molecule has 0 bridgehead atoms. The topological polar surface area (TPSA) is 216 Å². The van der Waals surface area contributed by atoms with Crippen molar-refractivity contribution in [3.8, 4) is 11.1 Å². The number of piperazine rings is 1. The van der Waals surface area contributed by atoms with E-state index in [1.54, 1.807) is 30.5 Å². The van der Waals surface area contributed by atoms with Crippen molar-refractivity contribution in [2.24, 2.45) is 0 Å². The first kappa shape index (κ1) is 52.5. The Morgan fingerprint density at radius 3 is 2.13 bits per heavy atom. The number of halogens is 6. The van der Waals surface area contributed by atoms with E-state index < -0.39 is 55.1 Å². The fourth-order valence-electron chi connectivity index (χ4n) is 6.72. The molecule has 3 heterocycles. The standard InChI is InChI=1S/C44H43ClF4IN9O9S2/c45-43-39(57-69(61,62)32-5-2-30(46)3-6-32)24-29(26-52-43)28-1-9-37-38(23-28)54-40(27-51-37)58-12-14-59(15-13-58)70(63,64)53-11-16-65-17-18-66-19-20-67-21-22-68-56-44(60)33-7-8-34(47)41(49)42(33)55-36-10-4-31(50)25-35(36)48/h1-10,23-27,53,55,57H,11-22H2,(H,56,60). The van der Waals surface area contributed by atoms with Crippen LogP contribution in [-0.4, -0.2) is 121 Å². The number of rotatable bonds is 23. The number of aromatic nitrogens is 3. The van der Waals surface area contributed by atoms with Gasteiger partial charge in [0.1, 0.15) is 17.5 Å². The molecule has 0 spiro atoms. The zero-order valence-corrected chi connectivity index (χ0v) is 41.2. The van der Waals surface area contributed by atoms with Crippen LogP contribution in [0.25, 0.3) is 22.2 Å². The zero-order valence-electron chi connectivity index (χ0n) is 36.6. The smallest absolute Gasteiger partial charge is 0.279 e. The number of carbonyl (C=O) groups is 1. The molecule has 70 heavy (non-hydrogen) atoms. The van der Waals surface area contributed by atoms with Crippen LogP contribution in [0.2, 0.25) is 5.15 Å². The van der Waals surface area contributed by atoms with Gasteiger partial charge in [-0.2, -0.15) is 17.4 Å². The number of benzene rings is 4. The van der Waals surface area contributed by atoms with E-state index in [-0.39, 0.29) is 92.9 Å². The molecule has 1 aliphatic heterocycles. The lowest BCUT2D eigenvalue weighted by atomic mass is 10.1. The minimum atomic E-state index is -4.10. The maximum atomic E-state index is 14.6. The number of ether oxygens (including phenoxy) is 3. The largest absolute Gasteiger partial charge is 0.378 e. The van der Waals surface area contributed by atoms with Gasteiger partial charge < -0.3 is 24.4 Å². The molecule has 18 nitrogen and oxygen atoms in total. The van der Waals surface area contributed by atoms with Gasteiger partial charge in [-0.3, -0.25) is 19.3 Å². The summed E-state index contributed by atoms with van der Waals surface area (Å²) in [5, 5.41) is 2.35. The summed E-state index contributed by atoms with van der Waals surface area (Å²) in [6, 6.07) is 17.1. The van der Waals surface area contributed by atoms with E-state index in [0.717, 1.165) is 36.4 Å². The van der Waals surface area contributed by atoms with Gasteiger partial charge in [0.05, 0.1) is 91.0 Å². The molecule has 1 aliphatic rings. The quantitative estimate of drug-likeness (QED) is 0.0179. The number of hydrogen-bond acceptors (Lipinski definition) is 14. The third-order valence-corrected chi connectivity index (χ3v) is 14.2. The molecule has 372 valence electrons. The first-order valence-electron chi connectivity index (χ1n) is 21.1. The molecule has 1 saturated heterocycles. The van der Waals surface area contributed by atoms with E-state index in [1.165, 1.54) is 28.7 Å². The fraction of sp³-hybridized carbons (Fsp3) is 0.273. The molecular formula is C44H43ClF4IN9O9S2. The lowest BCUT2D eigenvalue weighted by Gasteiger charge is -2.34. The molecule has 6 aromatic rings. The number of fused-ring (bicyclic) bond motifs is 1. The first-order chi connectivity index (χ1) is 33.6. The second-order valence-electron chi connectivity index (χ2n) is 15.0. The number of nitrogens with one attached hydrogen (secondary N) is 4. The number of nitrogens with zero attached hydrogens (tertiary/aromatic N) is 5.